The molecule has 2 N–H and O–H groups in total. The Labute approximate surface area is 197 Å². The molecule has 1 saturated heterocycles. The number of benzene rings is 1. The van der Waals surface area contributed by atoms with Crippen molar-refractivity contribution in [1.29, 1.82) is 5.41 Å². The molecule has 0 amide bonds. The van der Waals surface area contributed by atoms with E-state index in [0.717, 1.165) is 53.6 Å². The second-order valence-electron chi connectivity index (χ2n) is 7.24. The van der Waals surface area contributed by atoms with Crippen molar-refractivity contribution in [3.8, 4) is 11.4 Å². The maximum absolute atomic E-state index is 8.04. The highest BCUT2D eigenvalue weighted by Crippen LogP contribution is 2.29. The molecular formula is C25H37N7O. The molecule has 0 bridgehead atoms. The fraction of sp³-hybridized carbons (Fsp3) is 0.440. The first kappa shape index (κ1) is 26.2. The first-order valence-electron chi connectivity index (χ1n) is 11.5. The molecule has 1 aromatic carbocycles. The number of hydrogen-bond acceptors (Lipinski definition) is 7. The van der Waals surface area contributed by atoms with Crippen molar-refractivity contribution in [2.24, 2.45) is 0 Å². The van der Waals surface area contributed by atoms with Crippen molar-refractivity contribution in [1.82, 2.24) is 24.8 Å². The monoisotopic (exact) mass is 451 g/mol. The number of nitrogens with one attached hydrogen (secondary N) is 2. The number of nitrogens with zero attached hydrogens (tertiary/aromatic N) is 5. The van der Waals surface area contributed by atoms with Crippen molar-refractivity contribution in [3.05, 3.63) is 48.3 Å². The number of anilines is 1. The molecule has 3 aromatic rings. The van der Waals surface area contributed by atoms with Crippen LogP contribution in [0, 0.1) is 12.3 Å². The first-order chi connectivity index (χ1) is 16.0. The molecule has 178 valence electrons. The summed E-state index contributed by atoms with van der Waals surface area (Å²) in [6.07, 6.45) is 1.54. The van der Waals surface area contributed by atoms with E-state index < -0.39 is 0 Å². The number of hydrogen-bond donors (Lipinski definition) is 2. The molecule has 0 aliphatic carbocycles. The van der Waals surface area contributed by atoms with Crippen LogP contribution in [0.1, 0.15) is 32.2 Å². The summed E-state index contributed by atoms with van der Waals surface area (Å²) in [5.41, 5.74) is 3.73. The Balaban J connectivity index is 0.000000714. The number of rotatable bonds is 5. The number of morpholine rings is 1. The lowest BCUT2D eigenvalue weighted by Gasteiger charge is -2.28. The molecule has 1 fully saturated rings. The van der Waals surface area contributed by atoms with E-state index >= 15 is 0 Å². The van der Waals surface area contributed by atoms with E-state index in [1.165, 1.54) is 6.08 Å². The topological polar surface area (TPSA) is 92.0 Å². The molecule has 33 heavy (non-hydrogen) atoms. The lowest BCUT2D eigenvalue weighted by molar-refractivity contribution is 0.122. The Bertz CT molecular complexity index is 1070. The molecule has 0 atom stereocenters. The van der Waals surface area contributed by atoms with Crippen LogP contribution in [-0.4, -0.2) is 65.6 Å². The van der Waals surface area contributed by atoms with Gasteiger partial charge in [-0.3, -0.25) is 0 Å². The van der Waals surface area contributed by atoms with E-state index in [1.807, 2.05) is 59.1 Å². The van der Waals surface area contributed by atoms with Gasteiger partial charge < -0.3 is 24.9 Å². The van der Waals surface area contributed by atoms with Crippen molar-refractivity contribution < 1.29 is 4.74 Å². The smallest absolute Gasteiger partial charge is 0.166 e. The molecule has 0 saturated carbocycles. The van der Waals surface area contributed by atoms with Gasteiger partial charge in [0, 0.05) is 30.8 Å². The molecule has 0 spiro atoms. The highest BCUT2D eigenvalue weighted by Gasteiger charge is 2.22. The van der Waals surface area contributed by atoms with Crippen LogP contribution < -0.4 is 10.2 Å². The molecule has 1 aliphatic heterocycles. The van der Waals surface area contributed by atoms with Crippen molar-refractivity contribution >= 4 is 22.7 Å². The largest absolute Gasteiger partial charge is 0.378 e. The minimum absolute atomic E-state index is 0.380. The Kier molecular flexibility index (Phi) is 10.2. The van der Waals surface area contributed by atoms with E-state index in [2.05, 4.69) is 28.3 Å². The molecule has 1 aliphatic rings. The Morgan fingerprint density at radius 3 is 2.45 bits per heavy atom. The number of fused-ring (bicyclic) bond motifs is 1. The number of aromatic nitrogens is 4. The van der Waals surface area contributed by atoms with E-state index in [9.17, 15) is 0 Å². The molecule has 8 nitrogen and oxygen atoms in total. The zero-order chi connectivity index (χ0) is 24.4. The Morgan fingerprint density at radius 1 is 1.18 bits per heavy atom. The fourth-order valence-electron chi connectivity index (χ4n) is 3.54. The number of allylic oxidation sites excluding steroid dienone is 1. The van der Waals surface area contributed by atoms with Crippen LogP contribution >= 0.6 is 0 Å². The van der Waals surface area contributed by atoms with E-state index in [-0.39, 0.29) is 0 Å². The maximum atomic E-state index is 8.04. The van der Waals surface area contributed by atoms with Crippen LogP contribution in [-0.2, 0) is 11.3 Å². The minimum Gasteiger partial charge on any atom is -0.378 e. The molecule has 4 rings (SSSR count). The Hall–Kier alpha value is -3.10. The summed E-state index contributed by atoms with van der Waals surface area (Å²) in [6.45, 7) is 15.5. The second kappa shape index (κ2) is 12.8. The third-order valence-electron chi connectivity index (χ3n) is 5.03. The van der Waals surface area contributed by atoms with Gasteiger partial charge in [-0.05, 0) is 40.1 Å². The summed E-state index contributed by atoms with van der Waals surface area (Å²) in [7, 11) is 3.75. The minimum atomic E-state index is 0.380. The van der Waals surface area contributed by atoms with Crippen LogP contribution in [0.2, 0.25) is 0 Å². The molecule has 0 radical (unpaired) electrons. The fourth-order valence-corrected chi connectivity index (χ4v) is 3.54. The molecule has 2 aromatic heterocycles. The normalized spacial score (nSPS) is 13.0. The highest BCUT2D eigenvalue weighted by atomic mass is 16.5. The van der Waals surface area contributed by atoms with Crippen molar-refractivity contribution in [3.63, 3.8) is 0 Å². The maximum Gasteiger partial charge on any atom is 0.166 e. The van der Waals surface area contributed by atoms with Crippen LogP contribution in [0.3, 0.4) is 0 Å². The van der Waals surface area contributed by atoms with E-state index in [0.29, 0.717) is 24.7 Å². The average molecular weight is 452 g/mol. The quantitative estimate of drug-likeness (QED) is 0.568. The van der Waals surface area contributed by atoms with Crippen molar-refractivity contribution in [2.45, 2.75) is 34.2 Å². The summed E-state index contributed by atoms with van der Waals surface area (Å²) in [4.78, 5) is 16.7. The standard InChI is InChI=1S/C21H24N6O.C2H7N.C2H6/c1-4-17(22)15-7-6-8-16(13-15)19-24-20(26-9-11-28-12-10-26)18-21(25-19)27(5-2)14(3)23-18;1-3-2;1-2/h4,6-8,13,22H,1,5,9-12H2,2-3H3;3H,1-2H3;1-2H3. The van der Waals surface area contributed by atoms with Gasteiger partial charge in [0.05, 0.1) is 18.9 Å². The lowest BCUT2D eigenvalue weighted by atomic mass is 10.1. The Morgan fingerprint density at radius 2 is 1.85 bits per heavy atom. The van der Waals surface area contributed by atoms with Crippen molar-refractivity contribution in [2.75, 3.05) is 45.3 Å². The van der Waals surface area contributed by atoms with Crippen LogP contribution in [0.4, 0.5) is 5.82 Å². The molecular weight excluding hydrogens is 414 g/mol. The summed E-state index contributed by atoms with van der Waals surface area (Å²) in [6, 6.07) is 7.74. The van der Waals surface area contributed by atoms with E-state index in [1.54, 1.807) is 0 Å². The zero-order valence-electron chi connectivity index (χ0n) is 20.8. The number of imidazole rings is 1. The van der Waals surface area contributed by atoms with Gasteiger partial charge in [0.1, 0.15) is 5.82 Å². The summed E-state index contributed by atoms with van der Waals surface area (Å²) < 4.78 is 7.62. The highest BCUT2D eigenvalue weighted by molar-refractivity contribution is 6.06. The van der Waals surface area contributed by atoms with Gasteiger partial charge >= 0.3 is 0 Å². The number of ether oxygens (including phenoxy) is 1. The third kappa shape index (κ3) is 6.03. The van der Waals surface area contributed by atoms with Gasteiger partial charge in [-0.15, -0.1) is 0 Å². The van der Waals surface area contributed by atoms with Gasteiger partial charge in [-0.2, -0.15) is 0 Å². The van der Waals surface area contributed by atoms with E-state index in [4.69, 9.17) is 25.1 Å². The third-order valence-corrected chi connectivity index (χ3v) is 5.03. The zero-order valence-corrected chi connectivity index (χ0v) is 20.8. The summed E-state index contributed by atoms with van der Waals surface area (Å²) in [5.74, 6) is 2.42. The molecule has 3 heterocycles. The van der Waals surface area contributed by atoms with Crippen LogP contribution in [0.15, 0.2) is 36.9 Å². The molecule has 8 heteroatoms. The molecule has 0 unspecified atom stereocenters. The van der Waals surface area contributed by atoms with Gasteiger partial charge in [-0.25, -0.2) is 15.0 Å². The summed E-state index contributed by atoms with van der Waals surface area (Å²) >= 11 is 0. The van der Waals surface area contributed by atoms with Gasteiger partial charge in [0.25, 0.3) is 0 Å². The SMILES string of the molecule is C=CC(=N)c1cccc(-c2nc(N3CCOCC3)c3nc(C)n(CC)c3n2)c1.CC.CNC. The van der Waals surface area contributed by atoms with Gasteiger partial charge in [0.2, 0.25) is 0 Å². The van der Waals surface area contributed by atoms with Crippen LogP contribution in [0.25, 0.3) is 22.6 Å². The predicted molar refractivity (Wildman–Crippen MR) is 138 cm³/mol. The first-order valence-corrected chi connectivity index (χ1v) is 11.5. The average Bonchev–Trinajstić information content (AvgIpc) is 3.20. The van der Waals surface area contributed by atoms with Crippen LogP contribution in [0.5, 0.6) is 0 Å². The predicted octanol–water partition coefficient (Wildman–Crippen LogP) is 4.07. The lowest BCUT2D eigenvalue weighted by Crippen LogP contribution is -2.37. The van der Waals surface area contributed by atoms with Gasteiger partial charge in [0.15, 0.2) is 22.8 Å². The second-order valence-corrected chi connectivity index (χ2v) is 7.24. The summed E-state index contributed by atoms with van der Waals surface area (Å²) in [5, 5.41) is 10.8. The number of aryl methyl sites for hydroxylation is 2. The van der Waals surface area contributed by atoms with Gasteiger partial charge in [-0.1, -0.05) is 38.6 Å².